The molecule has 0 aliphatic rings. The van der Waals surface area contributed by atoms with E-state index in [2.05, 4.69) is 25.6 Å². The van der Waals surface area contributed by atoms with E-state index in [0.29, 0.717) is 47.9 Å². The van der Waals surface area contributed by atoms with Crippen LogP contribution in [-0.2, 0) is 17.5 Å². The Morgan fingerprint density at radius 1 is 1.02 bits per heavy atom. The number of ether oxygens (including phenoxy) is 1. The number of halogens is 1. The fraction of sp³-hybridized carbons (Fsp3) is 0.267. The van der Waals surface area contributed by atoms with Crippen molar-refractivity contribution in [3.8, 4) is 17.1 Å². The van der Waals surface area contributed by atoms with Crippen molar-refractivity contribution in [2.45, 2.75) is 26.7 Å². The smallest absolute Gasteiger partial charge is 0.355 e. The normalized spacial score (nSPS) is 10.9. The number of amides is 2. The van der Waals surface area contributed by atoms with Gasteiger partial charge in [0.1, 0.15) is 11.6 Å². The predicted molar refractivity (Wildman–Crippen MR) is 160 cm³/mol. The van der Waals surface area contributed by atoms with Crippen molar-refractivity contribution in [3.63, 3.8) is 0 Å². The van der Waals surface area contributed by atoms with Gasteiger partial charge < -0.3 is 24.9 Å². The molecular formula is C30H34BFN6O3. The highest BCUT2D eigenvalue weighted by Crippen LogP contribution is 2.23. The van der Waals surface area contributed by atoms with Crippen LogP contribution in [0, 0.1) is 12.7 Å². The molecule has 2 heterocycles. The first kappa shape index (κ1) is 29.6. The Bertz CT molecular complexity index is 1470. The van der Waals surface area contributed by atoms with Gasteiger partial charge in [0.2, 0.25) is 0 Å². The molecule has 0 spiro atoms. The first-order valence-electron chi connectivity index (χ1n) is 13.3. The number of nitrogens with zero attached hydrogens (tertiary/aromatic N) is 4. The number of urea groups is 1. The maximum Gasteiger partial charge on any atom is 0.355 e. The Morgan fingerprint density at radius 3 is 2.41 bits per heavy atom. The third kappa shape index (κ3) is 7.87. The lowest BCUT2D eigenvalue weighted by Crippen LogP contribution is -2.38. The summed E-state index contributed by atoms with van der Waals surface area (Å²) in [5.41, 5.74) is 4.65. The largest absolute Gasteiger partial charge is 0.493 e. The zero-order valence-corrected chi connectivity index (χ0v) is 23.9. The van der Waals surface area contributed by atoms with E-state index < -0.39 is 11.8 Å². The van der Waals surface area contributed by atoms with Crippen molar-refractivity contribution in [2.75, 3.05) is 38.4 Å². The molecule has 4 rings (SSSR count). The van der Waals surface area contributed by atoms with E-state index >= 15 is 0 Å². The zero-order chi connectivity index (χ0) is 29.4. The maximum atomic E-state index is 14.6. The maximum absolute atomic E-state index is 14.6. The fourth-order valence-electron chi connectivity index (χ4n) is 4.37. The summed E-state index contributed by atoms with van der Waals surface area (Å²) < 4.78 is 26.3. The Labute approximate surface area is 240 Å². The molecule has 0 aliphatic heterocycles. The molecule has 0 radical (unpaired) electrons. The highest BCUT2D eigenvalue weighted by atomic mass is 19.1. The average Bonchev–Trinajstić information content (AvgIpc) is 2.95. The van der Waals surface area contributed by atoms with Crippen LogP contribution in [-0.4, -0.2) is 60.6 Å². The molecule has 2 amide bonds. The molecule has 0 saturated heterocycles. The van der Waals surface area contributed by atoms with Crippen LogP contribution in [0.5, 0.6) is 5.75 Å². The summed E-state index contributed by atoms with van der Waals surface area (Å²) in [7, 11) is 5.48. The quantitative estimate of drug-likeness (QED) is 0.258. The van der Waals surface area contributed by atoms with Crippen molar-refractivity contribution >= 4 is 29.9 Å². The molecule has 41 heavy (non-hydrogen) atoms. The second kappa shape index (κ2) is 13.8. The number of aromatic nitrogens is 3. The van der Waals surface area contributed by atoms with Gasteiger partial charge in [0.15, 0.2) is 5.82 Å². The molecule has 9 nitrogen and oxygen atoms in total. The molecule has 2 N–H and O–H groups in total. The van der Waals surface area contributed by atoms with E-state index in [0.717, 1.165) is 16.7 Å². The van der Waals surface area contributed by atoms with Gasteiger partial charge in [-0.05, 0) is 63.6 Å². The van der Waals surface area contributed by atoms with E-state index in [1.165, 1.54) is 18.5 Å². The number of hydrogen-bond acceptors (Lipinski definition) is 7. The van der Waals surface area contributed by atoms with Gasteiger partial charge in [-0.15, -0.1) is 0 Å². The molecule has 0 unspecified atom stereocenters. The van der Waals surface area contributed by atoms with Gasteiger partial charge in [-0.2, -0.15) is 0 Å². The lowest BCUT2D eigenvalue weighted by atomic mass is 9.59. The summed E-state index contributed by atoms with van der Waals surface area (Å²) in [6.45, 7) is 4.55. The summed E-state index contributed by atoms with van der Waals surface area (Å²) >= 11 is 0. The number of rotatable bonds is 11. The molecule has 11 heteroatoms. The van der Waals surface area contributed by atoms with Gasteiger partial charge in [-0.25, -0.2) is 19.2 Å². The molecule has 2 aromatic carbocycles. The van der Waals surface area contributed by atoms with Crippen LogP contribution in [0.3, 0.4) is 0 Å². The predicted octanol–water partition coefficient (Wildman–Crippen LogP) is 4.72. The lowest BCUT2D eigenvalue weighted by Gasteiger charge is -2.16. The van der Waals surface area contributed by atoms with Crippen LogP contribution in [0.1, 0.15) is 23.6 Å². The van der Waals surface area contributed by atoms with Crippen molar-refractivity contribution < 1.29 is 18.6 Å². The SMILES string of the molecule is CCOc1cc(-c2ncc(NC(=O)Nc3cc(C)c(CN(C)C)cc3F)cn2)cnc1B(Cc1ccccc1)OC. The lowest BCUT2D eigenvalue weighted by molar-refractivity contribution is 0.262. The van der Waals surface area contributed by atoms with Crippen molar-refractivity contribution in [3.05, 3.63) is 89.6 Å². The fourth-order valence-corrected chi connectivity index (χ4v) is 4.37. The third-order valence-corrected chi connectivity index (χ3v) is 6.36. The Kier molecular flexibility index (Phi) is 9.99. The highest BCUT2D eigenvalue weighted by molar-refractivity contribution is 6.66. The van der Waals surface area contributed by atoms with Gasteiger partial charge in [0.25, 0.3) is 0 Å². The minimum Gasteiger partial charge on any atom is -0.493 e. The molecule has 0 saturated carbocycles. The summed E-state index contributed by atoms with van der Waals surface area (Å²) in [5, 5.41) is 5.20. The molecule has 212 valence electrons. The number of anilines is 2. The molecule has 0 aliphatic carbocycles. The second-order valence-electron chi connectivity index (χ2n) is 9.83. The first-order valence-corrected chi connectivity index (χ1v) is 13.3. The summed E-state index contributed by atoms with van der Waals surface area (Å²) in [4.78, 5) is 27.9. The van der Waals surface area contributed by atoms with Crippen LogP contribution in [0.2, 0.25) is 0 Å². The van der Waals surface area contributed by atoms with Gasteiger partial charge >= 0.3 is 12.9 Å². The average molecular weight is 556 g/mol. The molecule has 0 atom stereocenters. The number of benzene rings is 2. The van der Waals surface area contributed by atoms with Crippen molar-refractivity contribution in [1.82, 2.24) is 19.9 Å². The van der Waals surface area contributed by atoms with Crippen LogP contribution in [0.25, 0.3) is 11.4 Å². The molecule has 4 aromatic rings. The standard InChI is InChI=1S/C30H34BFN6O3/c1-6-41-27-14-22(16-33-28(27)31(40-5)15-21-10-8-7-9-11-21)29-34-17-24(18-35-29)36-30(39)37-26-12-20(2)23(13-25(26)32)19-38(3)4/h7-14,16-18H,6,15,19H2,1-5H3,(H2,36,37,39). The number of nitrogens with one attached hydrogen (secondary N) is 2. The van der Waals surface area contributed by atoms with Crippen LogP contribution < -0.4 is 21.0 Å². The van der Waals surface area contributed by atoms with Crippen LogP contribution >= 0.6 is 0 Å². The van der Waals surface area contributed by atoms with E-state index in [4.69, 9.17) is 9.39 Å². The molecule has 0 bridgehead atoms. The van der Waals surface area contributed by atoms with Gasteiger partial charge in [-0.3, -0.25) is 4.98 Å². The van der Waals surface area contributed by atoms with E-state index in [1.807, 2.05) is 69.2 Å². The molecule has 0 fully saturated rings. The minimum absolute atomic E-state index is 0.0938. The topological polar surface area (TPSA) is 102 Å². The Balaban J connectivity index is 1.46. The third-order valence-electron chi connectivity index (χ3n) is 6.36. The Morgan fingerprint density at radius 2 is 1.76 bits per heavy atom. The molecular weight excluding hydrogens is 522 g/mol. The van der Waals surface area contributed by atoms with E-state index in [-0.39, 0.29) is 12.6 Å². The van der Waals surface area contributed by atoms with Crippen LogP contribution in [0.15, 0.2) is 67.1 Å². The highest BCUT2D eigenvalue weighted by Gasteiger charge is 2.25. The summed E-state index contributed by atoms with van der Waals surface area (Å²) in [6.07, 6.45) is 5.28. The van der Waals surface area contributed by atoms with Gasteiger partial charge in [0, 0.05) is 25.4 Å². The first-order chi connectivity index (χ1) is 19.8. The summed E-state index contributed by atoms with van der Waals surface area (Å²) in [5.74, 6) is 0.493. The number of pyridine rings is 1. The van der Waals surface area contributed by atoms with Gasteiger partial charge in [-0.1, -0.05) is 35.9 Å². The van der Waals surface area contributed by atoms with Gasteiger partial charge in [0.05, 0.1) is 36.0 Å². The summed E-state index contributed by atoms with van der Waals surface area (Å²) in [6, 6.07) is 14.3. The van der Waals surface area contributed by atoms with Crippen molar-refractivity contribution in [1.29, 1.82) is 0 Å². The van der Waals surface area contributed by atoms with Crippen LogP contribution in [0.4, 0.5) is 20.6 Å². The minimum atomic E-state index is -0.603. The Hall–Kier alpha value is -4.35. The number of hydrogen-bond donors (Lipinski definition) is 2. The second-order valence-corrected chi connectivity index (χ2v) is 9.83. The monoisotopic (exact) mass is 556 g/mol. The van der Waals surface area contributed by atoms with Crippen molar-refractivity contribution in [2.24, 2.45) is 0 Å². The number of carbonyl (C=O) groups excluding carboxylic acids is 1. The number of carbonyl (C=O) groups is 1. The zero-order valence-electron chi connectivity index (χ0n) is 23.9. The number of aryl methyl sites for hydroxylation is 1. The molecule has 2 aromatic heterocycles. The van der Waals surface area contributed by atoms with E-state index in [1.54, 1.807) is 19.4 Å². The van der Waals surface area contributed by atoms with E-state index in [9.17, 15) is 9.18 Å².